The molecule has 0 unspecified atom stereocenters. The largest absolute Gasteiger partial charge is 0.574 e. The van der Waals surface area contributed by atoms with Crippen molar-refractivity contribution in [3.05, 3.63) is 0 Å². The molecule has 4 heteroatoms. The lowest BCUT2D eigenvalue weighted by Gasteiger charge is -2.07. The molecule has 0 aliphatic rings. The average Bonchev–Trinajstić information content (AvgIpc) is 2.06. The van der Waals surface area contributed by atoms with Crippen LogP contribution in [0.4, 0.5) is 0 Å². The quantitative estimate of drug-likeness (QED) is 0.468. The maximum Gasteiger partial charge on any atom is 0.574 e. The van der Waals surface area contributed by atoms with E-state index in [0.29, 0.717) is 13.2 Å². The molecule has 1 N–H and O–H groups in total. The van der Waals surface area contributed by atoms with E-state index in [2.05, 4.69) is 13.8 Å². The lowest BCUT2D eigenvalue weighted by molar-refractivity contribution is 0.130. The predicted molar refractivity (Wildman–Crippen MR) is 49.7 cm³/mol. The number of unbranched alkanes of at least 4 members (excludes halogenated alkanes) is 2. The van der Waals surface area contributed by atoms with Crippen LogP contribution in [0.5, 0.6) is 0 Å². The molecule has 0 fully saturated rings. The second-order valence-electron chi connectivity index (χ2n) is 2.67. The van der Waals surface area contributed by atoms with Gasteiger partial charge in [-0.1, -0.05) is 26.7 Å². The molecule has 0 bridgehead atoms. The second-order valence-corrected chi connectivity index (χ2v) is 3.78. The molecule has 0 rings (SSSR count). The van der Waals surface area contributed by atoms with E-state index < -0.39 is 9.53 Å². The van der Waals surface area contributed by atoms with Crippen LogP contribution in [0.2, 0.25) is 0 Å². The van der Waals surface area contributed by atoms with Gasteiger partial charge in [-0.2, -0.15) is 0 Å². The Morgan fingerprint density at radius 3 is 1.75 bits per heavy atom. The van der Waals surface area contributed by atoms with E-state index in [1.54, 1.807) is 0 Å². The van der Waals surface area contributed by atoms with Crippen LogP contribution >= 0.6 is 0 Å². The molecule has 0 amide bonds. The van der Waals surface area contributed by atoms with Crippen LogP contribution in [0, 0.1) is 0 Å². The molecule has 0 saturated carbocycles. The highest BCUT2D eigenvalue weighted by Crippen LogP contribution is 1.93. The smallest absolute Gasteiger partial charge is 0.387 e. The molecule has 0 saturated heterocycles. The minimum atomic E-state index is -1.93. The zero-order valence-electron chi connectivity index (χ0n) is 8.01. The van der Waals surface area contributed by atoms with E-state index in [0.717, 1.165) is 25.7 Å². The summed E-state index contributed by atoms with van der Waals surface area (Å²) < 4.78 is 10.1. The van der Waals surface area contributed by atoms with Crippen molar-refractivity contribution in [2.45, 2.75) is 39.5 Å². The molecular weight excluding hydrogens is 172 g/mol. The summed E-state index contributed by atoms with van der Waals surface area (Å²) in [7, 11) is -1.93. The van der Waals surface area contributed by atoms with Crippen molar-refractivity contribution in [3.8, 4) is 0 Å². The lowest BCUT2D eigenvalue weighted by Crippen LogP contribution is -2.23. The summed E-state index contributed by atoms with van der Waals surface area (Å²) in [5.41, 5.74) is 0. The maximum absolute atomic E-state index is 9.16. The first-order chi connectivity index (χ1) is 5.81. The Labute approximate surface area is 76.7 Å². The van der Waals surface area contributed by atoms with Gasteiger partial charge >= 0.3 is 9.53 Å². The van der Waals surface area contributed by atoms with Gasteiger partial charge in [-0.05, 0) is 12.8 Å². The summed E-state index contributed by atoms with van der Waals surface area (Å²) in [6.45, 7) is 5.41. The number of hydrogen-bond donors (Lipinski definition) is 1. The van der Waals surface area contributed by atoms with E-state index in [-0.39, 0.29) is 0 Å². The third-order valence-corrected chi connectivity index (χ3v) is 2.35. The van der Waals surface area contributed by atoms with Gasteiger partial charge in [0.25, 0.3) is 0 Å². The topological polar surface area (TPSA) is 38.7 Å². The fraction of sp³-hybridized carbons (Fsp3) is 1.00. The summed E-state index contributed by atoms with van der Waals surface area (Å²) in [6, 6.07) is 0. The van der Waals surface area contributed by atoms with Crippen molar-refractivity contribution in [3.63, 3.8) is 0 Å². The third-order valence-electron chi connectivity index (χ3n) is 1.45. The molecule has 0 aliphatic heterocycles. The van der Waals surface area contributed by atoms with Gasteiger partial charge in [-0.25, -0.2) is 0 Å². The first-order valence-electron chi connectivity index (χ1n) is 4.62. The van der Waals surface area contributed by atoms with Crippen molar-refractivity contribution in [2.75, 3.05) is 13.2 Å². The van der Waals surface area contributed by atoms with Crippen molar-refractivity contribution in [1.29, 1.82) is 0 Å². The summed E-state index contributed by atoms with van der Waals surface area (Å²) >= 11 is 0. The molecule has 1 radical (unpaired) electrons. The highest BCUT2D eigenvalue weighted by Gasteiger charge is 2.11. The molecule has 0 aromatic carbocycles. The van der Waals surface area contributed by atoms with Gasteiger partial charge in [-0.15, -0.1) is 0 Å². The Balaban J connectivity index is 3.04. The van der Waals surface area contributed by atoms with Crippen LogP contribution in [0.3, 0.4) is 0 Å². The second kappa shape index (κ2) is 9.19. The molecule has 0 heterocycles. The van der Waals surface area contributed by atoms with Gasteiger partial charge in [0.05, 0.1) is 0 Å². The van der Waals surface area contributed by atoms with Crippen LogP contribution in [0.15, 0.2) is 0 Å². The van der Waals surface area contributed by atoms with E-state index in [4.69, 9.17) is 13.6 Å². The summed E-state index contributed by atoms with van der Waals surface area (Å²) in [4.78, 5) is 9.16. The molecule has 12 heavy (non-hydrogen) atoms. The molecule has 0 atom stereocenters. The highest BCUT2D eigenvalue weighted by atomic mass is 28.3. The summed E-state index contributed by atoms with van der Waals surface area (Å²) in [5.74, 6) is 0. The van der Waals surface area contributed by atoms with Gasteiger partial charge in [0.2, 0.25) is 0 Å². The van der Waals surface area contributed by atoms with Crippen LogP contribution in [-0.4, -0.2) is 27.5 Å². The van der Waals surface area contributed by atoms with Crippen molar-refractivity contribution in [1.82, 2.24) is 0 Å². The minimum absolute atomic E-state index is 0.618. The van der Waals surface area contributed by atoms with Crippen LogP contribution in [0.25, 0.3) is 0 Å². The Morgan fingerprint density at radius 2 is 1.42 bits per heavy atom. The zero-order chi connectivity index (χ0) is 9.23. The Morgan fingerprint density at radius 1 is 1.00 bits per heavy atom. The molecule has 0 aromatic heterocycles. The molecular formula is C8H19O3Si. The van der Waals surface area contributed by atoms with E-state index in [9.17, 15) is 0 Å². The third kappa shape index (κ3) is 8.20. The molecule has 3 nitrogen and oxygen atoms in total. The molecule has 0 aliphatic carbocycles. The van der Waals surface area contributed by atoms with Gasteiger partial charge in [0.1, 0.15) is 0 Å². The fourth-order valence-corrected chi connectivity index (χ4v) is 1.37. The maximum atomic E-state index is 9.16. The van der Waals surface area contributed by atoms with Crippen LogP contribution in [-0.2, 0) is 8.85 Å². The van der Waals surface area contributed by atoms with E-state index >= 15 is 0 Å². The van der Waals surface area contributed by atoms with E-state index in [1.807, 2.05) is 0 Å². The first-order valence-corrected chi connectivity index (χ1v) is 5.89. The molecule has 73 valence electrons. The van der Waals surface area contributed by atoms with Crippen molar-refractivity contribution < 1.29 is 13.6 Å². The van der Waals surface area contributed by atoms with Crippen molar-refractivity contribution >= 4 is 9.53 Å². The zero-order valence-corrected chi connectivity index (χ0v) is 9.01. The van der Waals surface area contributed by atoms with Gasteiger partial charge in [0.15, 0.2) is 0 Å². The summed E-state index contributed by atoms with van der Waals surface area (Å²) in [5, 5.41) is 0. The SMILES string of the molecule is CCCCO[Si](O)OCCCC. The fourth-order valence-electron chi connectivity index (χ4n) is 0.649. The normalized spacial score (nSPS) is 11.0. The number of hydrogen-bond acceptors (Lipinski definition) is 3. The Bertz CT molecular complexity index is 80.4. The Hall–Kier alpha value is 0.0969. The van der Waals surface area contributed by atoms with Crippen LogP contribution < -0.4 is 0 Å². The van der Waals surface area contributed by atoms with E-state index in [1.165, 1.54) is 0 Å². The minimum Gasteiger partial charge on any atom is -0.387 e. The lowest BCUT2D eigenvalue weighted by atomic mass is 10.4. The molecule has 0 aromatic rings. The Kier molecular flexibility index (Phi) is 9.26. The monoisotopic (exact) mass is 191 g/mol. The first kappa shape index (κ1) is 12.1. The molecule has 0 spiro atoms. The van der Waals surface area contributed by atoms with Gasteiger partial charge in [0, 0.05) is 13.2 Å². The predicted octanol–water partition coefficient (Wildman–Crippen LogP) is 1.60. The highest BCUT2D eigenvalue weighted by molar-refractivity contribution is 6.34. The van der Waals surface area contributed by atoms with Crippen LogP contribution in [0.1, 0.15) is 39.5 Å². The van der Waals surface area contributed by atoms with Gasteiger partial charge in [-0.3, -0.25) is 0 Å². The average molecular weight is 191 g/mol. The summed E-state index contributed by atoms with van der Waals surface area (Å²) in [6.07, 6.45) is 4.16. The van der Waals surface area contributed by atoms with Gasteiger partial charge < -0.3 is 13.6 Å². The number of rotatable bonds is 8. The standard InChI is InChI=1S/C8H19O3Si/c1-3-5-7-10-12(9)11-8-6-4-2/h9H,3-8H2,1-2H3. The van der Waals surface area contributed by atoms with Crippen molar-refractivity contribution in [2.24, 2.45) is 0 Å².